The minimum Gasteiger partial charge on any atom is -0.493 e. The van der Waals surface area contributed by atoms with Gasteiger partial charge >= 0.3 is 0 Å². The van der Waals surface area contributed by atoms with E-state index in [0.29, 0.717) is 36.0 Å². The number of carbonyl (C=O) groups is 1. The second-order valence-electron chi connectivity index (χ2n) is 6.96. The zero-order valence-corrected chi connectivity index (χ0v) is 18.2. The molecule has 0 fully saturated rings. The van der Waals surface area contributed by atoms with Gasteiger partial charge < -0.3 is 20.1 Å². The Hall–Kier alpha value is -2.97. The summed E-state index contributed by atoms with van der Waals surface area (Å²) in [6, 6.07) is 10.5. The van der Waals surface area contributed by atoms with Gasteiger partial charge in [-0.2, -0.15) is 0 Å². The van der Waals surface area contributed by atoms with Crippen molar-refractivity contribution >= 4 is 17.2 Å². The fraction of sp³-hybridized carbons (Fsp3) is 0.261. The minimum atomic E-state index is -0.671. The van der Waals surface area contributed by atoms with Gasteiger partial charge in [-0.1, -0.05) is 6.07 Å². The quantitative estimate of drug-likeness (QED) is 0.525. The third-order valence-corrected chi connectivity index (χ3v) is 5.75. The predicted octanol–water partition coefficient (Wildman–Crippen LogP) is 4.52. The molecule has 0 spiro atoms. The number of nitrogens with zero attached hydrogens (tertiary/aromatic N) is 1. The minimum absolute atomic E-state index is 0.0657. The number of rotatable bonds is 9. The number of nitrogens with two attached hydrogens (primary N) is 1. The Morgan fingerprint density at radius 1 is 1.13 bits per heavy atom. The van der Waals surface area contributed by atoms with Crippen molar-refractivity contribution in [3.8, 4) is 11.5 Å². The first-order valence-corrected chi connectivity index (χ1v) is 10.6. The van der Waals surface area contributed by atoms with Gasteiger partial charge in [0, 0.05) is 31.3 Å². The summed E-state index contributed by atoms with van der Waals surface area (Å²) in [6.07, 6.45) is 0. The summed E-state index contributed by atoms with van der Waals surface area (Å²) in [6.45, 7) is 2.95. The molecule has 1 aromatic heterocycles. The summed E-state index contributed by atoms with van der Waals surface area (Å²) in [5.74, 6) is -0.509. The number of halogens is 2. The van der Waals surface area contributed by atoms with E-state index in [0.717, 1.165) is 17.2 Å². The third kappa shape index (κ3) is 5.59. The molecule has 0 radical (unpaired) electrons. The van der Waals surface area contributed by atoms with E-state index in [1.165, 1.54) is 30.6 Å². The highest BCUT2D eigenvalue weighted by atomic mass is 32.1. The van der Waals surface area contributed by atoms with Gasteiger partial charge in [-0.15, -0.1) is 11.3 Å². The summed E-state index contributed by atoms with van der Waals surface area (Å²) in [4.78, 5) is 15.3. The van der Waals surface area contributed by atoms with Crippen LogP contribution in [0.4, 0.5) is 8.78 Å². The molecule has 0 aliphatic carbocycles. The van der Waals surface area contributed by atoms with Crippen molar-refractivity contribution in [3.05, 3.63) is 81.0 Å². The molecular formula is C23H24F2N2O3S. The fourth-order valence-electron chi connectivity index (χ4n) is 3.09. The lowest BCUT2D eigenvalue weighted by Gasteiger charge is -2.22. The third-order valence-electron chi connectivity index (χ3n) is 4.74. The lowest BCUT2D eigenvalue weighted by Crippen LogP contribution is -2.34. The smallest absolute Gasteiger partial charge is 0.264 e. The number of carbonyl (C=O) groups excluding carboxylic acids is 1. The Labute approximate surface area is 184 Å². The second-order valence-corrected chi connectivity index (χ2v) is 7.87. The Kier molecular flexibility index (Phi) is 7.59. The van der Waals surface area contributed by atoms with Crippen LogP contribution >= 0.6 is 11.3 Å². The van der Waals surface area contributed by atoms with Gasteiger partial charge in [0.05, 0.1) is 12.0 Å². The highest BCUT2D eigenvalue weighted by Gasteiger charge is 2.19. The molecule has 3 aromatic rings. The topological polar surface area (TPSA) is 64.8 Å². The van der Waals surface area contributed by atoms with E-state index in [4.69, 9.17) is 15.2 Å². The van der Waals surface area contributed by atoms with E-state index in [1.54, 1.807) is 17.0 Å². The van der Waals surface area contributed by atoms with Crippen LogP contribution < -0.4 is 15.2 Å². The van der Waals surface area contributed by atoms with Crippen molar-refractivity contribution in [1.29, 1.82) is 0 Å². The van der Waals surface area contributed by atoms with Crippen molar-refractivity contribution in [1.82, 2.24) is 4.90 Å². The average molecular weight is 447 g/mol. The summed E-state index contributed by atoms with van der Waals surface area (Å²) in [7, 11) is 1.50. The first kappa shape index (κ1) is 22.7. The monoisotopic (exact) mass is 446 g/mol. The van der Waals surface area contributed by atoms with Crippen LogP contribution in [0.3, 0.4) is 0 Å². The summed E-state index contributed by atoms with van der Waals surface area (Å²) in [5, 5.41) is 1.89. The van der Waals surface area contributed by atoms with Crippen LogP contribution in [-0.4, -0.2) is 31.0 Å². The van der Waals surface area contributed by atoms with Gasteiger partial charge in [0.1, 0.15) is 18.2 Å². The molecule has 2 N–H and O–H groups in total. The van der Waals surface area contributed by atoms with Crippen LogP contribution in [0.15, 0.2) is 47.8 Å². The first-order valence-electron chi connectivity index (χ1n) is 9.70. The molecule has 3 rings (SSSR count). The zero-order chi connectivity index (χ0) is 22.4. The van der Waals surface area contributed by atoms with E-state index < -0.39 is 11.6 Å². The molecule has 0 bridgehead atoms. The SMILES string of the molecule is COc1cc(CN(CCN)C(=O)c2sccc2C)ccc1OCc1ccc(F)cc1F. The molecular weight excluding hydrogens is 422 g/mol. The van der Waals surface area contributed by atoms with Gasteiger partial charge in [0.15, 0.2) is 11.5 Å². The normalized spacial score (nSPS) is 10.7. The Bertz CT molecular complexity index is 1060. The fourth-order valence-corrected chi connectivity index (χ4v) is 3.98. The average Bonchev–Trinajstić information content (AvgIpc) is 3.18. The van der Waals surface area contributed by atoms with E-state index in [1.807, 2.05) is 24.4 Å². The van der Waals surface area contributed by atoms with Crippen LogP contribution in [0.5, 0.6) is 11.5 Å². The molecule has 1 heterocycles. The maximum absolute atomic E-state index is 13.8. The molecule has 0 atom stereocenters. The molecule has 0 unspecified atom stereocenters. The number of benzene rings is 2. The molecule has 0 saturated heterocycles. The van der Waals surface area contributed by atoms with Crippen LogP contribution in [0, 0.1) is 18.6 Å². The van der Waals surface area contributed by atoms with Crippen LogP contribution in [0.25, 0.3) is 0 Å². The number of thiophene rings is 1. The van der Waals surface area contributed by atoms with Crippen LogP contribution in [-0.2, 0) is 13.2 Å². The van der Waals surface area contributed by atoms with Gasteiger partial charge in [-0.25, -0.2) is 8.78 Å². The number of hydrogen-bond donors (Lipinski definition) is 1. The molecule has 31 heavy (non-hydrogen) atoms. The number of hydrogen-bond acceptors (Lipinski definition) is 5. The van der Waals surface area contributed by atoms with Crippen molar-refractivity contribution in [2.45, 2.75) is 20.1 Å². The first-order chi connectivity index (χ1) is 14.9. The Morgan fingerprint density at radius 2 is 1.94 bits per heavy atom. The maximum Gasteiger partial charge on any atom is 0.264 e. The van der Waals surface area contributed by atoms with Gasteiger partial charge in [-0.3, -0.25) is 4.79 Å². The molecule has 164 valence electrons. The lowest BCUT2D eigenvalue weighted by atomic mass is 10.1. The summed E-state index contributed by atoms with van der Waals surface area (Å²) in [5.41, 5.74) is 7.73. The van der Waals surface area contributed by atoms with Gasteiger partial charge in [0.2, 0.25) is 0 Å². The van der Waals surface area contributed by atoms with Crippen molar-refractivity contribution in [2.75, 3.05) is 20.2 Å². The number of ether oxygens (including phenoxy) is 2. The molecule has 0 saturated carbocycles. The lowest BCUT2D eigenvalue weighted by molar-refractivity contribution is 0.0752. The number of aryl methyl sites for hydroxylation is 1. The Balaban J connectivity index is 1.74. The highest BCUT2D eigenvalue weighted by Crippen LogP contribution is 2.30. The van der Waals surface area contributed by atoms with Gasteiger partial charge in [-0.05, 0) is 53.8 Å². The molecule has 0 aliphatic heterocycles. The summed E-state index contributed by atoms with van der Waals surface area (Å²) >= 11 is 1.41. The molecule has 0 aliphatic rings. The van der Waals surface area contributed by atoms with Gasteiger partial charge in [0.25, 0.3) is 5.91 Å². The van der Waals surface area contributed by atoms with Crippen molar-refractivity contribution < 1.29 is 23.0 Å². The zero-order valence-electron chi connectivity index (χ0n) is 17.4. The molecule has 8 heteroatoms. The molecule has 5 nitrogen and oxygen atoms in total. The van der Waals surface area contributed by atoms with Crippen molar-refractivity contribution in [3.63, 3.8) is 0 Å². The predicted molar refractivity (Wildman–Crippen MR) is 117 cm³/mol. The standard InChI is InChI=1S/C23H24F2N2O3S/c1-15-7-10-31-22(15)23(28)27(9-8-26)13-16-3-6-20(21(11-16)29-2)30-14-17-4-5-18(24)12-19(17)25/h3-7,10-12H,8-9,13-14,26H2,1-2H3. The van der Waals surface area contributed by atoms with Crippen LogP contribution in [0.1, 0.15) is 26.4 Å². The highest BCUT2D eigenvalue weighted by molar-refractivity contribution is 7.12. The molecule has 2 aromatic carbocycles. The Morgan fingerprint density at radius 3 is 2.58 bits per heavy atom. The maximum atomic E-state index is 13.8. The van der Waals surface area contributed by atoms with E-state index in [-0.39, 0.29) is 18.1 Å². The van der Waals surface area contributed by atoms with Crippen LogP contribution in [0.2, 0.25) is 0 Å². The number of amides is 1. The van der Waals surface area contributed by atoms with E-state index in [2.05, 4.69) is 0 Å². The van der Waals surface area contributed by atoms with E-state index >= 15 is 0 Å². The van der Waals surface area contributed by atoms with E-state index in [9.17, 15) is 13.6 Å². The number of methoxy groups -OCH3 is 1. The second kappa shape index (κ2) is 10.4. The molecule has 1 amide bonds. The largest absolute Gasteiger partial charge is 0.493 e. The van der Waals surface area contributed by atoms with Crippen molar-refractivity contribution in [2.24, 2.45) is 5.73 Å². The summed E-state index contributed by atoms with van der Waals surface area (Å²) < 4.78 is 38.0.